The average molecular weight is 569 g/mol. The van der Waals surface area contributed by atoms with Gasteiger partial charge in [0.15, 0.2) is 0 Å². The molecular weight excluding hydrogens is 541 g/mol. The molecule has 1 saturated carbocycles. The maximum Gasteiger partial charge on any atom is 0.416 e. The molecule has 0 atom stereocenters. The number of nitrogens with one attached hydrogen (secondary N) is 1. The Balaban J connectivity index is 0.992. The van der Waals surface area contributed by atoms with Crippen LogP contribution in [0.2, 0.25) is 5.02 Å². The van der Waals surface area contributed by atoms with Gasteiger partial charge in [0.25, 0.3) is 5.91 Å². The lowest BCUT2D eigenvalue weighted by atomic mass is 9.61. The van der Waals surface area contributed by atoms with Gasteiger partial charge in [-0.3, -0.25) is 9.20 Å². The fourth-order valence-corrected chi connectivity index (χ4v) is 5.91. The number of benzene rings is 2. The van der Waals surface area contributed by atoms with Gasteiger partial charge in [0.1, 0.15) is 23.2 Å². The molecule has 1 aliphatic carbocycles. The van der Waals surface area contributed by atoms with Gasteiger partial charge in [-0.05, 0) is 73.4 Å². The molecule has 3 heterocycles. The molecule has 6 nitrogen and oxygen atoms in total. The van der Waals surface area contributed by atoms with Crippen LogP contribution in [0.5, 0.6) is 5.75 Å². The molecule has 0 radical (unpaired) electrons. The van der Waals surface area contributed by atoms with Crippen LogP contribution in [0.25, 0.3) is 5.65 Å². The lowest BCUT2D eigenvalue weighted by Crippen LogP contribution is -2.64. The Morgan fingerprint density at radius 2 is 1.77 bits per heavy atom. The Labute approximate surface area is 234 Å². The second-order valence-electron chi connectivity index (χ2n) is 10.7. The molecule has 2 aliphatic rings. The van der Waals surface area contributed by atoms with E-state index in [9.17, 15) is 18.0 Å². The molecule has 1 aliphatic heterocycles. The van der Waals surface area contributed by atoms with Gasteiger partial charge in [0.05, 0.1) is 16.3 Å². The largest absolute Gasteiger partial charge is 0.490 e. The number of fused-ring (bicyclic) bond motifs is 1. The zero-order valence-corrected chi connectivity index (χ0v) is 22.6. The predicted molar refractivity (Wildman–Crippen MR) is 147 cm³/mol. The number of nitrogens with zero attached hydrogens (tertiary/aromatic N) is 3. The van der Waals surface area contributed by atoms with E-state index in [1.807, 2.05) is 19.1 Å². The molecular formula is C30H28ClF3N4O2. The van der Waals surface area contributed by atoms with E-state index in [2.05, 4.69) is 27.3 Å². The lowest BCUT2D eigenvalue weighted by molar-refractivity contribution is -0.137. The van der Waals surface area contributed by atoms with E-state index < -0.39 is 11.7 Å². The Kier molecular flexibility index (Phi) is 6.65. The van der Waals surface area contributed by atoms with E-state index in [4.69, 9.17) is 16.3 Å². The summed E-state index contributed by atoms with van der Waals surface area (Å²) in [6.07, 6.45) is -0.189. The Bertz CT molecular complexity index is 1540. The van der Waals surface area contributed by atoms with E-state index in [1.165, 1.54) is 12.1 Å². The maximum atomic E-state index is 13.0. The second-order valence-corrected chi connectivity index (χ2v) is 11.1. The highest BCUT2D eigenvalue weighted by Crippen LogP contribution is 2.51. The number of aromatic nitrogens is 2. The molecule has 2 fully saturated rings. The summed E-state index contributed by atoms with van der Waals surface area (Å²) in [6.45, 7) is 4.21. The molecule has 2 aromatic heterocycles. The van der Waals surface area contributed by atoms with Crippen LogP contribution in [0.4, 0.5) is 18.9 Å². The maximum absolute atomic E-state index is 13.0. The van der Waals surface area contributed by atoms with Crippen LogP contribution >= 0.6 is 11.6 Å². The van der Waals surface area contributed by atoms with Crippen molar-refractivity contribution in [1.29, 1.82) is 0 Å². The molecule has 0 unspecified atom stereocenters. The molecule has 208 valence electrons. The molecule has 6 rings (SSSR count). The topological polar surface area (TPSA) is 58.9 Å². The van der Waals surface area contributed by atoms with Crippen LogP contribution in [0.15, 0.2) is 66.9 Å². The molecule has 10 heteroatoms. The van der Waals surface area contributed by atoms with Crippen molar-refractivity contribution >= 4 is 28.8 Å². The van der Waals surface area contributed by atoms with E-state index in [1.54, 1.807) is 22.7 Å². The van der Waals surface area contributed by atoms with Gasteiger partial charge in [-0.25, -0.2) is 4.98 Å². The first kappa shape index (κ1) is 26.5. The monoisotopic (exact) mass is 568 g/mol. The van der Waals surface area contributed by atoms with Gasteiger partial charge >= 0.3 is 6.18 Å². The summed E-state index contributed by atoms with van der Waals surface area (Å²) in [6, 6.07) is 16.6. The van der Waals surface area contributed by atoms with Gasteiger partial charge in [-0.1, -0.05) is 30.7 Å². The quantitative estimate of drug-likeness (QED) is 0.275. The van der Waals surface area contributed by atoms with Crippen LogP contribution in [-0.4, -0.2) is 34.5 Å². The first-order valence-electron chi connectivity index (χ1n) is 13.2. The standard InChI is InChI=1S/C30H28ClF3N4O2/c1-2-25-27(38-16-21(31)7-12-26(38)36-25)28(39)35-15-19-3-8-22(9-4-19)37-17-29(18-37)13-24(14-29)40-23-10-5-20(6-11-23)30(32,33)34/h3-12,16,24H,2,13-15,17-18H2,1H3,(H,35,39). The van der Waals surface area contributed by atoms with Crippen molar-refractivity contribution in [2.45, 2.75) is 45.0 Å². The second kappa shape index (κ2) is 10.0. The molecule has 1 saturated heterocycles. The number of aryl methyl sites for hydroxylation is 1. The van der Waals surface area contributed by atoms with Crippen molar-refractivity contribution in [2.75, 3.05) is 18.0 Å². The molecule has 1 amide bonds. The van der Waals surface area contributed by atoms with Crippen molar-refractivity contribution in [1.82, 2.24) is 14.7 Å². The highest BCUT2D eigenvalue weighted by molar-refractivity contribution is 6.30. The molecule has 2 aromatic carbocycles. The summed E-state index contributed by atoms with van der Waals surface area (Å²) in [5.74, 6) is 0.279. The number of ether oxygens (including phenoxy) is 1. The lowest BCUT2D eigenvalue weighted by Gasteiger charge is -2.59. The van der Waals surface area contributed by atoms with Crippen LogP contribution < -0.4 is 15.0 Å². The number of hydrogen-bond acceptors (Lipinski definition) is 4. The Hall–Kier alpha value is -3.72. The highest BCUT2D eigenvalue weighted by atomic mass is 35.5. The fourth-order valence-electron chi connectivity index (χ4n) is 5.75. The molecule has 40 heavy (non-hydrogen) atoms. The third-order valence-electron chi connectivity index (χ3n) is 7.82. The number of pyridine rings is 1. The third kappa shape index (κ3) is 5.10. The first-order chi connectivity index (χ1) is 19.1. The normalized spacial score (nSPS) is 16.6. The Morgan fingerprint density at radius 1 is 1.07 bits per heavy atom. The van der Waals surface area contributed by atoms with Crippen LogP contribution in [0.1, 0.15) is 47.1 Å². The molecule has 0 bridgehead atoms. The van der Waals surface area contributed by atoms with Crippen molar-refractivity contribution < 1.29 is 22.7 Å². The summed E-state index contributed by atoms with van der Waals surface area (Å²) < 4.78 is 45.9. The summed E-state index contributed by atoms with van der Waals surface area (Å²) in [7, 11) is 0. The number of amides is 1. The number of hydrogen-bond donors (Lipinski definition) is 1. The number of rotatable bonds is 7. The number of carbonyl (C=O) groups is 1. The number of anilines is 1. The van der Waals surface area contributed by atoms with Gasteiger partial charge in [0, 0.05) is 36.9 Å². The minimum atomic E-state index is -4.34. The molecule has 1 N–H and O–H groups in total. The van der Waals surface area contributed by atoms with Crippen LogP contribution in [0, 0.1) is 5.41 Å². The van der Waals surface area contributed by atoms with E-state index in [0.717, 1.165) is 55.0 Å². The highest BCUT2D eigenvalue weighted by Gasteiger charge is 2.53. The van der Waals surface area contributed by atoms with E-state index >= 15 is 0 Å². The van der Waals surface area contributed by atoms with Crippen molar-refractivity contribution in [3.05, 3.63) is 94.4 Å². The smallest absolute Gasteiger partial charge is 0.416 e. The van der Waals surface area contributed by atoms with Crippen molar-refractivity contribution in [2.24, 2.45) is 5.41 Å². The van der Waals surface area contributed by atoms with Gasteiger partial charge in [-0.2, -0.15) is 13.2 Å². The third-order valence-corrected chi connectivity index (χ3v) is 8.04. The van der Waals surface area contributed by atoms with E-state index in [-0.39, 0.29) is 17.4 Å². The Morgan fingerprint density at radius 3 is 2.42 bits per heavy atom. The minimum Gasteiger partial charge on any atom is -0.490 e. The number of alkyl halides is 3. The minimum absolute atomic E-state index is 0.0297. The van der Waals surface area contributed by atoms with Gasteiger partial charge in [-0.15, -0.1) is 0 Å². The molecule has 1 spiro atoms. The number of halogens is 4. The molecule has 4 aromatic rings. The van der Waals surface area contributed by atoms with E-state index in [0.29, 0.717) is 35.1 Å². The van der Waals surface area contributed by atoms with Crippen LogP contribution in [-0.2, 0) is 19.1 Å². The average Bonchev–Trinajstić information content (AvgIpc) is 3.26. The number of imidazole rings is 1. The predicted octanol–water partition coefficient (Wildman–Crippen LogP) is 6.55. The van der Waals surface area contributed by atoms with Crippen molar-refractivity contribution in [3.8, 4) is 5.75 Å². The summed E-state index contributed by atoms with van der Waals surface area (Å²) in [5, 5.41) is 3.54. The number of carbonyl (C=O) groups excluding carboxylic acids is 1. The van der Waals surface area contributed by atoms with Gasteiger partial charge in [0.2, 0.25) is 0 Å². The fraction of sp³-hybridized carbons (Fsp3) is 0.333. The SMILES string of the molecule is CCc1nc2ccc(Cl)cn2c1C(=O)NCc1ccc(N2CC3(CC(Oc4ccc(C(F)(F)F)cc4)C3)C2)cc1. The van der Waals surface area contributed by atoms with Crippen LogP contribution in [0.3, 0.4) is 0 Å². The van der Waals surface area contributed by atoms with Crippen molar-refractivity contribution in [3.63, 3.8) is 0 Å². The summed E-state index contributed by atoms with van der Waals surface area (Å²) in [4.78, 5) is 19.9. The zero-order valence-electron chi connectivity index (χ0n) is 21.8. The van der Waals surface area contributed by atoms with Gasteiger partial charge < -0.3 is 15.0 Å². The summed E-state index contributed by atoms with van der Waals surface area (Å²) in [5.41, 5.74) is 3.57. The first-order valence-corrected chi connectivity index (χ1v) is 13.6. The zero-order chi connectivity index (χ0) is 28.1. The summed E-state index contributed by atoms with van der Waals surface area (Å²) >= 11 is 6.14.